The number of rotatable bonds is 4. The van der Waals surface area contributed by atoms with Gasteiger partial charge in [0.25, 0.3) is 11.8 Å². The molecule has 5 nitrogen and oxygen atoms in total. The molecule has 0 spiro atoms. The lowest BCUT2D eigenvalue weighted by atomic mass is 10.1. The standard InChI is InChI=1S/C14H18N2O3/c1-14(2,15-3)8-16-12(17)10-6-5-9(19-4)7-11(10)13(16)18/h5-7,15H,8H2,1-4H3. The Balaban J connectivity index is 2.34. The molecule has 1 aromatic rings. The van der Waals surface area contributed by atoms with Crippen LogP contribution in [0.1, 0.15) is 34.6 Å². The minimum Gasteiger partial charge on any atom is -0.497 e. The number of methoxy groups -OCH3 is 1. The molecule has 2 amide bonds. The highest BCUT2D eigenvalue weighted by Crippen LogP contribution is 2.27. The Kier molecular flexibility index (Phi) is 3.32. The van der Waals surface area contributed by atoms with E-state index in [1.807, 2.05) is 13.8 Å². The molecule has 0 atom stereocenters. The van der Waals surface area contributed by atoms with Gasteiger partial charge in [0.15, 0.2) is 0 Å². The van der Waals surface area contributed by atoms with Crippen molar-refractivity contribution < 1.29 is 14.3 Å². The maximum atomic E-state index is 12.3. The number of ether oxygens (including phenoxy) is 1. The van der Waals surface area contributed by atoms with Crippen LogP contribution in [0.3, 0.4) is 0 Å². The van der Waals surface area contributed by atoms with Crippen LogP contribution in [0.2, 0.25) is 0 Å². The Morgan fingerprint density at radius 1 is 1.21 bits per heavy atom. The zero-order valence-corrected chi connectivity index (χ0v) is 11.6. The van der Waals surface area contributed by atoms with Gasteiger partial charge in [-0.15, -0.1) is 0 Å². The maximum absolute atomic E-state index is 12.3. The molecule has 1 N–H and O–H groups in total. The van der Waals surface area contributed by atoms with E-state index < -0.39 is 0 Å². The summed E-state index contributed by atoms with van der Waals surface area (Å²) in [4.78, 5) is 25.8. The number of carbonyl (C=O) groups excluding carboxylic acids is 2. The Morgan fingerprint density at radius 2 is 1.84 bits per heavy atom. The van der Waals surface area contributed by atoms with Gasteiger partial charge in [0, 0.05) is 12.1 Å². The second-order valence-corrected chi connectivity index (χ2v) is 5.24. The summed E-state index contributed by atoms with van der Waals surface area (Å²) in [7, 11) is 3.34. The summed E-state index contributed by atoms with van der Waals surface area (Å²) in [6, 6.07) is 4.94. The highest BCUT2D eigenvalue weighted by Gasteiger charge is 2.38. The largest absolute Gasteiger partial charge is 0.497 e. The Bertz CT molecular complexity index is 537. The molecule has 1 aliphatic rings. The SMILES string of the molecule is CNC(C)(C)CN1C(=O)c2ccc(OC)cc2C1=O. The maximum Gasteiger partial charge on any atom is 0.261 e. The Hall–Kier alpha value is -1.88. The van der Waals surface area contributed by atoms with Gasteiger partial charge in [-0.25, -0.2) is 0 Å². The van der Waals surface area contributed by atoms with Crippen molar-refractivity contribution in [2.45, 2.75) is 19.4 Å². The number of nitrogens with one attached hydrogen (secondary N) is 1. The highest BCUT2D eigenvalue weighted by atomic mass is 16.5. The first kappa shape index (κ1) is 13.5. The van der Waals surface area contributed by atoms with E-state index in [1.54, 1.807) is 25.2 Å². The van der Waals surface area contributed by atoms with Crippen LogP contribution in [-0.4, -0.2) is 43.0 Å². The zero-order chi connectivity index (χ0) is 14.2. The average Bonchev–Trinajstić information content (AvgIpc) is 2.63. The predicted octanol–water partition coefficient (Wildman–Crippen LogP) is 1.29. The fourth-order valence-electron chi connectivity index (χ4n) is 2.01. The molecule has 1 heterocycles. The van der Waals surface area contributed by atoms with Crippen molar-refractivity contribution >= 4 is 11.8 Å². The Labute approximate surface area is 112 Å². The summed E-state index contributed by atoms with van der Waals surface area (Å²) in [5, 5.41) is 3.09. The molecule has 0 saturated carbocycles. The van der Waals surface area contributed by atoms with Crippen molar-refractivity contribution in [1.29, 1.82) is 0 Å². The number of likely N-dealkylation sites (N-methyl/N-ethyl adjacent to an activating group) is 1. The first-order valence-electron chi connectivity index (χ1n) is 6.13. The van der Waals surface area contributed by atoms with E-state index in [1.165, 1.54) is 12.0 Å². The second-order valence-electron chi connectivity index (χ2n) is 5.24. The van der Waals surface area contributed by atoms with E-state index in [0.717, 1.165) is 0 Å². The summed E-state index contributed by atoms with van der Waals surface area (Å²) >= 11 is 0. The molecule has 0 radical (unpaired) electrons. The first-order valence-corrected chi connectivity index (χ1v) is 6.13. The van der Waals surface area contributed by atoms with Crippen molar-refractivity contribution in [1.82, 2.24) is 10.2 Å². The molecule has 1 aliphatic heterocycles. The number of hydrogen-bond acceptors (Lipinski definition) is 4. The topological polar surface area (TPSA) is 58.6 Å². The number of fused-ring (bicyclic) bond motifs is 1. The van der Waals surface area contributed by atoms with Crippen LogP contribution in [-0.2, 0) is 0 Å². The number of imide groups is 1. The van der Waals surface area contributed by atoms with Crippen LogP contribution in [0.5, 0.6) is 5.75 Å². The fourth-order valence-corrected chi connectivity index (χ4v) is 2.01. The molecule has 0 unspecified atom stereocenters. The van der Waals surface area contributed by atoms with Gasteiger partial charge in [0.2, 0.25) is 0 Å². The lowest BCUT2D eigenvalue weighted by Crippen LogP contribution is -2.49. The van der Waals surface area contributed by atoms with Crippen LogP contribution in [0, 0.1) is 0 Å². The Morgan fingerprint density at radius 3 is 2.42 bits per heavy atom. The van der Waals surface area contributed by atoms with Crippen molar-refractivity contribution in [2.75, 3.05) is 20.7 Å². The van der Waals surface area contributed by atoms with Crippen molar-refractivity contribution in [3.05, 3.63) is 29.3 Å². The predicted molar refractivity (Wildman–Crippen MR) is 71.5 cm³/mol. The van der Waals surface area contributed by atoms with Gasteiger partial charge in [-0.05, 0) is 39.1 Å². The molecular formula is C14H18N2O3. The second kappa shape index (κ2) is 4.66. The van der Waals surface area contributed by atoms with Gasteiger partial charge in [-0.1, -0.05) is 0 Å². The third-order valence-corrected chi connectivity index (χ3v) is 3.41. The molecule has 19 heavy (non-hydrogen) atoms. The monoisotopic (exact) mass is 262 g/mol. The van der Waals surface area contributed by atoms with E-state index in [2.05, 4.69) is 5.32 Å². The van der Waals surface area contributed by atoms with Gasteiger partial charge in [0.05, 0.1) is 18.2 Å². The van der Waals surface area contributed by atoms with Gasteiger partial charge >= 0.3 is 0 Å². The average molecular weight is 262 g/mol. The van der Waals surface area contributed by atoms with Crippen LogP contribution < -0.4 is 10.1 Å². The van der Waals surface area contributed by atoms with Crippen LogP contribution in [0.25, 0.3) is 0 Å². The van der Waals surface area contributed by atoms with Gasteiger partial charge in [-0.2, -0.15) is 0 Å². The molecule has 0 bridgehead atoms. The molecule has 0 aromatic heterocycles. The number of nitrogens with zero attached hydrogens (tertiary/aromatic N) is 1. The molecule has 102 valence electrons. The fraction of sp³-hybridized carbons (Fsp3) is 0.429. The highest BCUT2D eigenvalue weighted by molar-refractivity contribution is 6.21. The molecular weight excluding hydrogens is 244 g/mol. The normalized spacial score (nSPS) is 14.8. The van der Waals surface area contributed by atoms with E-state index in [0.29, 0.717) is 23.4 Å². The van der Waals surface area contributed by atoms with Gasteiger partial charge < -0.3 is 10.1 Å². The van der Waals surface area contributed by atoms with Crippen molar-refractivity contribution in [3.8, 4) is 5.75 Å². The number of benzene rings is 1. The minimum absolute atomic E-state index is 0.244. The van der Waals surface area contributed by atoms with Gasteiger partial charge in [0.1, 0.15) is 5.75 Å². The van der Waals surface area contributed by atoms with Crippen molar-refractivity contribution in [3.63, 3.8) is 0 Å². The van der Waals surface area contributed by atoms with E-state index in [-0.39, 0.29) is 17.4 Å². The third kappa shape index (κ3) is 2.33. The third-order valence-electron chi connectivity index (χ3n) is 3.41. The van der Waals surface area contributed by atoms with E-state index >= 15 is 0 Å². The summed E-state index contributed by atoms with van der Waals surface area (Å²) < 4.78 is 5.09. The quantitative estimate of drug-likeness (QED) is 0.831. The van der Waals surface area contributed by atoms with Gasteiger partial charge in [-0.3, -0.25) is 14.5 Å². The molecule has 2 rings (SSSR count). The summed E-state index contributed by atoms with van der Waals surface area (Å²) in [5.74, 6) is 0.0721. The number of carbonyl (C=O) groups is 2. The zero-order valence-electron chi connectivity index (χ0n) is 11.6. The summed E-state index contributed by atoms with van der Waals surface area (Å²) in [6.45, 7) is 4.21. The van der Waals surface area contributed by atoms with E-state index in [9.17, 15) is 9.59 Å². The number of amides is 2. The molecule has 0 aliphatic carbocycles. The lowest BCUT2D eigenvalue weighted by molar-refractivity contribution is 0.0615. The molecule has 1 aromatic carbocycles. The molecule has 0 fully saturated rings. The van der Waals surface area contributed by atoms with Crippen LogP contribution >= 0.6 is 0 Å². The smallest absolute Gasteiger partial charge is 0.261 e. The van der Waals surface area contributed by atoms with Crippen molar-refractivity contribution in [2.24, 2.45) is 0 Å². The minimum atomic E-state index is -0.322. The number of hydrogen-bond donors (Lipinski definition) is 1. The van der Waals surface area contributed by atoms with Crippen LogP contribution in [0.4, 0.5) is 0 Å². The molecule has 5 heteroatoms. The van der Waals surface area contributed by atoms with E-state index in [4.69, 9.17) is 4.74 Å². The summed E-state index contributed by atoms with van der Waals surface area (Å²) in [5.41, 5.74) is 0.534. The van der Waals surface area contributed by atoms with Crippen LogP contribution in [0.15, 0.2) is 18.2 Å². The summed E-state index contributed by atoms with van der Waals surface area (Å²) in [6.07, 6.45) is 0. The first-order chi connectivity index (χ1) is 8.89. The lowest BCUT2D eigenvalue weighted by Gasteiger charge is -2.28. The molecule has 0 saturated heterocycles.